The van der Waals surface area contributed by atoms with E-state index in [2.05, 4.69) is 57.2 Å². The molecule has 1 rings (SSSR count). The number of hydrogen-bond donors (Lipinski definition) is 0. The second-order valence-corrected chi connectivity index (χ2v) is 5.20. The first kappa shape index (κ1) is 15.4. The summed E-state index contributed by atoms with van der Waals surface area (Å²) in [5.74, 6) is 0.288. The quantitative estimate of drug-likeness (QED) is 0.404. The van der Waals surface area contributed by atoms with Gasteiger partial charge < -0.3 is 0 Å². The predicted octanol–water partition coefficient (Wildman–Crippen LogP) is 4.83. The number of allylic oxidation sites excluding steroid dienone is 4. The van der Waals surface area contributed by atoms with Gasteiger partial charge in [-0.15, -0.1) is 0 Å². The van der Waals surface area contributed by atoms with Crippen LogP contribution in [0.2, 0.25) is 0 Å². The molecule has 1 aromatic rings. The fraction of sp³-hybridized carbons (Fsp3) is 0.389. The van der Waals surface area contributed by atoms with E-state index < -0.39 is 0 Å². The van der Waals surface area contributed by atoms with Crippen molar-refractivity contribution in [2.24, 2.45) is 0 Å². The molecule has 0 aliphatic carbocycles. The zero-order valence-corrected chi connectivity index (χ0v) is 12.4. The van der Waals surface area contributed by atoms with Crippen molar-refractivity contribution < 1.29 is 4.79 Å². The molecule has 0 amide bonds. The second-order valence-electron chi connectivity index (χ2n) is 5.20. The fourth-order valence-corrected chi connectivity index (χ4v) is 2.22. The molecule has 0 saturated heterocycles. The average molecular weight is 256 g/mol. The van der Waals surface area contributed by atoms with Crippen LogP contribution in [0.4, 0.5) is 0 Å². The summed E-state index contributed by atoms with van der Waals surface area (Å²) in [5, 5.41) is 0. The summed E-state index contributed by atoms with van der Waals surface area (Å²) < 4.78 is 0. The van der Waals surface area contributed by atoms with Gasteiger partial charge in [-0.2, -0.15) is 0 Å². The van der Waals surface area contributed by atoms with E-state index >= 15 is 0 Å². The average Bonchev–Trinajstić information content (AvgIpc) is 2.42. The van der Waals surface area contributed by atoms with E-state index in [0.29, 0.717) is 0 Å². The highest BCUT2D eigenvalue weighted by Gasteiger charge is 2.11. The Hall–Kier alpha value is -1.63. The number of carbonyl (C=O) groups excluding carboxylic acids is 1. The van der Waals surface area contributed by atoms with Crippen LogP contribution >= 0.6 is 0 Å². The molecule has 0 N–H and O–H groups in total. The minimum Gasteiger partial charge on any atom is -0.298 e. The van der Waals surface area contributed by atoms with E-state index in [0.717, 1.165) is 24.7 Å². The van der Waals surface area contributed by atoms with E-state index in [9.17, 15) is 4.79 Å². The molecule has 1 heteroatoms. The van der Waals surface area contributed by atoms with Crippen LogP contribution in [-0.4, -0.2) is 6.29 Å². The molecule has 0 aliphatic heterocycles. The van der Waals surface area contributed by atoms with Crippen molar-refractivity contribution in [3.05, 3.63) is 58.7 Å². The Kier molecular flexibility index (Phi) is 6.27. The van der Waals surface area contributed by atoms with Gasteiger partial charge in [0.05, 0.1) is 0 Å². The standard InChI is InChI=1S/C18H24O/c1-5-16-8-6-7-9-18(16)17(11-10-14(2)3)12-15(4)13-19/h6-10,12-13,17H,5,11H2,1-4H3/b15-12+. The highest BCUT2D eigenvalue weighted by atomic mass is 16.1. The van der Waals surface area contributed by atoms with Crippen LogP contribution in [0.3, 0.4) is 0 Å². The van der Waals surface area contributed by atoms with Gasteiger partial charge in [-0.1, -0.05) is 48.9 Å². The summed E-state index contributed by atoms with van der Waals surface area (Å²) in [7, 11) is 0. The first-order valence-corrected chi connectivity index (χ1v) is 6.93. The summed E-state index contributed by atoms with van der Waals surface area (Å²) >= 11 is 0. The normalized spacial score (nSPS) is 12.9. The third-order valence-electron chi connectivity index (χ3n) is 3.27. The molecule has 0 fully saturated rings. The Bertz CT molecular complexity index is 476. The zero-order chi connectivity index (χ0) is 14.3. The van der Waals surface area contributed by atoms with Gasteiger partial charge >= 0.3 is 0 Å². The van der Waals surface area contributed by atoms with Crippen molar-refractivity contribution in [1.82, 2.24) is 0 Å². The monoisotopic (exact) mass is 256 g/mol. The van der Waals surface area contributed by atoms with Crippen LogP contribution in [0.5, 0.6) is 0 Å². The Labute approximate surface area is 117 Å². The lowest BCUT2D eigenvalue weighted by atomic mass is 9.88. The maximum absolute atomic E-state index is 10.9. The molecular formula is C18H24O. The van der Waals surface area contributed by atoms with Gasteiger partial charge in [-0.3, -0.25) is 4.79 Å². The molecule has 19 heavy (non-hydrogen) atoms. The molecule has 0 bridgehead atoms. The van der Waals surface area contributed by atoms with Crippen LogP contribution in [0.25, 0.3) is 0 Å². The smallest absolute Gasteiger partial charge is 0.145 e. The van der Waals surface area contributed by atoms with E-state index in [1.807, 2.05) is 6.92 Å². The number of hydrogen-bond acceptors (Lipinski definition) is 1. The third-order valence-corrected chi connectivity index (χ3v) is 3.27. The number of rotatable bonds is 6. The van der Waals surface area contributed by atoms with Crippen molar-refractivity contribution in [3.8, 4) is 0 Å². The molecule has 0 saturated carbocycles. The van der Waals surface area contributed by atoms with Gasteiger partial charge in [0.15, 0.2) is 0 Å². The molecular weight excluding hydrogens is 232 g/mol. The SMILES string of the molecule is CCc1ccccc1C(/C=C(\C)C=O)CC=C(C)C. The largest absolute Gasteiger partial charge is 0.298 e. The lowest BCUT2D eigenvalue weighted by Gasteiger charge is -2.16. The van der Waals surface area contributed by atoms with E-state index in [-0.39, 0.29) is 5.92 Å². The maximum Gasteiger partial charge on any atom is 0.145 e. The van der Waals surface area contributed by atoms with Crippen molar-refractivity contribution in [2.75, 3.05) is 0 Å². The van der Waals surface area contributed by atoms with Crippen LogP contribution in [0.1, 0.15) is 51.2 Å². The molecule has 0 spiro atoms. The van der Waals surface area contributed by atoms with Crippen LogP contribution in [-0.2, 0) is 11.2 Å². The zero-order valence-electron chi connectivity index (χ0n) is 12.4. The topological polar surface area (TPSA) is 17.1 Å². The number of carbonyl (C=O) groups is 1. The maximum atomic E-state index is 10.9. The molecule has 0 aromatic heterocycles. The molecule has 1 unspecified atom stereocenters. The van der Waals surface area contributed by atoms with Gasteiger partial charge in [0.2, 0.25) is 0 Å². The summed E-state index contributed by atoms with van der Waals surface area (Å²) in [6.07, 6.45) is 7.23. The summed E-state index contributed by atoms with van der Waals surface area (Å²) in [6, 6.07) is 8.51. The Morgan fingerprint density at radius 1 is 1.21 bits per heavy atom. The molecule has 102 valence electrons. The van der Waals surface area contributed by atoms with Gasteiger partial charge in [0.25, 0.3) is 0 Å². The van der Waals surface area contributed by atoms with E-state index in [1.54, 1.807) is 0 Å². The van der Waals surface area contributed by atoms with E-state index in [4.69, 9.17) is 0 Å². The Morgan fingerprint density at radius 3 is 2.47 bits per heavy atom. The number of benzene rings is 1. The first-order valence-electron chi connectivity index (χ1n) is 6.93. The highest BCUT2D eigenvalue weighted by molar-refractivity contribution is 5.72. The third kappa shape index (κ3) is 4.86. The molecule has 0 radical (unpaired) electrons. The molecule has 0 heterocycles. The Morgan fingerprint density at radius 2 is 1.89 bits per heavy atom. The van der Waals surface area contributed by atoms with Crippen LogP contribution in [0, 0.1) is 0 Å². The van der Waals surface area contributed by atoms with Crippen molar-refractivity contribution in [3.63, 3.8) is 0 Å². The van der Waals surface area contributed by atoms with Crippen LogP contribution < -0.4 is 0 Å². The van der Waals surface area contributed by atoms with Crippen molar-refractivity contribution in [1.29, 1.82) is 0 Å². The van der Waals surface area contributed by atoms with Gasteiger partial charge in [-0.05, 0) is 50.3 Å². The predicted molar refractivity (Wildman–Crippen MR) is 82.4 cm³/mol. The lowest BCUT2D eigenvalue weighted by molar-refractivity contribution is -0.104. The van der Waals surface area contributed by atoms with Crippen molar-refractivity contribution in [2.45, 2.75) is 46.5 Å². The molecule has 0 aliphatic rings. The number of aryl methyl sites for hydroxylation is 1. The van der Waals surface area contributed by atoms with E-state index in [1.165, 1.54) is 16.7 Å². The van der Waals surface area contributed by atoms with Crippen LogP contribution in [0.15, 0.2) is 47.6 Å². The number of aldehydes is 1. The Balaban J connectivity index is 3.14. The lowest BCUT2D eigenvalue weighted by Crippen LogP contribution is -2.00. The minimum absolute atomic E-state index is 0.288. The molecule has 1 aromatic carbocycles. The second kappa shape index (κ2) is 7.73. The van der Waals surface area contributed by atoms with Gasteiger partial charge in [-0.25, -0.2) is 0 Å². The first-order chi connectivity index (χ1) is 9.08. The fourth-order valence-electron chi connectivity index (χ4n) is 2.22. The van der Waals surface area contributed by atoms with Crippen molar-refractivity contribution >= 4 is 6.29 Å². The summed E-state index contributed by atoms with van der Waals surface area (Å²) in [4.78, 5) is 10.9. The summed E-state index contributed by atoms with van der Waals surface area (Å²) in [5.41, 5.74) is 4.82. The molecule has 1 atom stereocenters. The van der Waals surface area contributed by atoms with Gasteiger partial charge in [0.1, 0.15) is 6.29 Å². The highest BCUT2D eigenvalue weighted by Crippen LogP contribution is 2.27. The minimum atomic E-state index is 0.288. The molecule has 1 nitrogen and oxygen atoms in total. The van der Waals surface area contributed by atoms with Gasteiger partial charge in [0, 0.05) is 5.92 Å². The summed E-state index contributed by atoms with van der Waals surface area (Å²) in [6.45, 7) is 8.27.